The first-order valence-corrected chi connectivity index (χ1v) is 7.15. The fourth-order valence-electron chi connectivity index (χ4n) is 2.38. The van der Waals surface area contributed by atoms with Crippen molar-refractivity contribution < 1.29 is 4.74 Å². The van der Waals surface area contributed by atoms with E-state index in [1.807, 2.05) is 13.1 Å². The molecular formula is C17H27NO. The minimum absolute atomic E-state index is 0.374. The van der Waals surface area contributed by atoms with Crippen molar-refractivity contribution in [3.8, 4) is 5.75 Å². The van der Waals surface area contributed by atoms with Crippen LogP contribution in [0.15, 0.2) is 30.9 Å². The molecule has 19 heavy (non-hydrogen) atoms. The number of ether oxygens (including phenoxy) is 1. The van der Waals surface area contributed by atoms with Gasteiger partial charge < -0.3 is 10.1 Å². The van der Waals surface area contributed by atoms with Crippen LogP contribution in [0.1, 0.15) is 49.3 Å². The van der Waals surface area contributed by atoms with Gasteiger partial charge in [0.1, 0.15) is 5.75 Å². The summed E-state index contributed by atoms with van der Waals surface area (Å²) in [6.07, 6.45) is 8.00. The maximum absolute atomic E-state index is 5.50. The van der Waals surface area contributed by atoms with Crippen LogP contribution in [-0.4, -0.2) is 14.2 Å². The zero-order chi connectivity index (χ0) is 14.1. The Kier molecular flexibility index (Phi) is 7.27. The molecule has 1 unspecified atom stereocenters. The first-order chi connectivity index (χ1) is 9.22. The van der Waals surface area contributed by atoms with Gasteiger partial charge >= 0.3 is 0 Å². The number of hydrogen-bond donors (Lipinski definition) is 1. The lowest BCUT2D eigenvalue weighted by molar-refractivity contribution is 0.396. The van der Waals surface area contributed by atoms with Gasteiger partial charge in [0.05, 0.1) is 7.11 Å². The molecule has 0 aliphatic carbocycles. The molecule has 0 aliphatic rings. The molecule has 0 amide bonds. The van der Waals surface area contributed by atoms with Crippen molar-refractivity contribution in [1.82, 2.24) is 5.32 Å². The van der Waals surface area contributed by atoms with Crippen LogP contribution in [-0.2, 0) is 0 Å². The molecule has 0 radical (unpaired) electrons. The molecule has 0 fully saturated rings. The van der Waals surface area contributed by atoms with Crippen LogP contribution in [0.5, 0.6) is 5.75 Å². The lowest BCUT2D eigenvalue weighted by Crippen LogP contribution is -2.17. The van der Waals surface area contributed by atoms with E-state index in [0.717, 1.165) is 18.6 Å². The highest BCUT2D eigenvalue weighted by Gasteiger charge is 2.13. The molecule has 1 aromatic rings. The van der Waals surface area contributed by atoms with Crippen molar-refractivity contribution in [1.29, 1.82) is 0 Å². The minimum Gasteiger partial charge on any atom is -0.496 e. The molecule has 1 atom stereocenters. The Labute approximate surface area is 117 Å². The zero-order valence-electron chi connectivity index (χ0n) is 12.5. The topological polar surface area (TPSA) is 21.3 Å². The van der Waals surface area contributed by atoms with Gasteiger partial charge in [0, 0.05) is 11.6 Å². The van der Waals surface area contributed by atoms with E-state index in [2.05, 4.69) is 37.0 Å². The van der Waals surface area contributed by atoms with E-state index in [1.165, 1.54) is 30.4 Å². The summed E-state index contributed by atoms with van der Waals surface area (Å²) >= 11 is 0. The maximum Gasteiger partial charge on any atom is 0.123 e. The molecule has 0 heterocycles. The Balaban J connectivity index is 2.61. The van der Waals surface area contributed by atoms with E-state index in [4.69, 9.17) is 4.74 Å². The van der Waals surface area contributed by atoms with Gasteiger partial charge in [-0.25, -0.2) is 0 Å². The average Bonchev–Trinajstić information content (AvgIpc) is 2.43. The molecule has 1 N–H and O–H groups in total. The van der Waals surface area contributed by atoms with Gasteiger partial charge in [-0.2, -0.15) is 0 Å². The van der Waals surface area contributed by atoms with E-state index >= 15 is 0 Å². The summed E-state index contributed by atoms with van der Waals surface area (Å²) in [5.41, 5.74) is 2.50. The fourth-order valence-corrected chi connectivity index (χ4v) is 2.38. The highest BCUT2D eigenvalue weighted by Crippen LogP contribution is 2.29. The Bertz CT molecular complexity index is 387. The third-order valence-electron chi connectivity index (χ3n) is 3.51. The lowest BCUT2D eigenvalue weighted by atomic mass is 9.98. The molecule has 0 aliphatic heterocycles. The summed E-state index contributed by atoms with van der Waals surface area (Å²) in [7, 11) is 3.77. The fraction of sp³-hybridized carbons (Fsp3) is 0.529. The second-order valence-corrected chi connectivity index (χ2v) is 5.01. The van der Waals surface area contributed by atoms with Gasteiger partial charge in [-0.15, -0.1) is 6.58 Å². The van der Waals surface area contributed by atoms with E-state index in [1.54, 1.807) is 7.11 Å². The van der Waals surface area contributed by atoms with Crippen molar-refractivity contribution in [3.05, 3.63) is 42.0 Å². The monoisotopic (exact) mass is 261 g/mol. The molecule has 2 heteroatoms. The molecule has 2 nitrogen and oxygen atoms in total. The standard InChI is InChI=1S/C17H27NO/c1-5-6-7-8-9-10-16(18-3)15-12-11-14(2)13-17(15)19-4/h5,11-13,16,18H,1,6-10H2,2-4H3. The Morgan fingerprint density at radius 3 is 2.74 bits per heavy atom. The average molecular weight is 261 g/mol. The second kappa shape index (κ2) is 8.76. The number of rotatable bonds is 9. The number of benzene rings is 1. The second-order valence-electron chi connectivity index (χ2n) is 5.01. The SMILES string of the molecule is C=CCCCCCC(NC)c1ccc(C)cc1OC. The largest absolute Gasteiger partial charge is 0.496 e. The summed E-state index contributed by atoms with van der Waals surface area (Å²) in [5.74, 6) is 0.991. The summed E-state index contributed by atoms with van der Waals surface area (Å²) in [5, 5.41) is 3.40. The highest BCUT2D eigenvalue weighted by atomic mass is 16.5. The van der Waals surface area contributed by atoms with Gasteiger partial charge in [0.25, 0.3) is 0 Å². The van der Waals surface area contributed by atoms with Crippen LogP contribution in [0.25, 0.3) is 0 Å². The molecule has 1 aromatic carbocycles. The van der Waals surface area contributed by atoms with Crippen molar-refractivity contribution in [2.75, 3.05) is 14.2 Å². The first kappa shape index (κ1) is 15.8. The molecule has 0 aromatic heterocycles. The Morgan fingerprint density at radius 2 is 2.11 bits per heavy atom. The predicted molar refractivity (Wildman–Crippen MR) is 82.8 cm³/mol. The number of methoxy groups -OCH3 is 1. The van der Waals surface area contributed by atoms with E-state index in [0.29, 0.717) is 6.04 Å². The highest BCUT2D eigenvalue weighted by molar-refractivity contribution is 5.39. The maximum atomic E-state index is 5.50. The zero-order valence-corrected chi connectivity index (χ0v) is 12.5. The third kappa shape index (κ3) is 5.07. The molecule has 0 bridgehead atoms. The third-order valence-corrected chi connectivity index (χ3v) is 3.51. The van der Waals surface area contributed by atoms with Crippen LogP contribution >= 0.6 is 0 Å². The normalized spacial score (nSPS) is 12.2. The van der Waals surface area contributed by atoms with E-state index in [-0.39, 0.29) is 0 Å². The molecule has 0 saturated carbocycles. The van der Waals surface area contributed by atoms with E-state index in [9.17, 15) is 0 Å². The number of hydrogen-bond acceptors (Lipinski definition) is 2. The van der Waals surface area contributed by atoms with Gasteiger partial charge in [-0.1, -0.05) is 31.1 Å². The van der Waals surface area contributed by atoms with Gasteiger partial charge in [0.2, 0.25) is 0 Å². The Hall–Kier alpha value is -1.28. The summed E-state index contributed by atoms with van der Waals surface area (Å²) in [6, 6.07) is 6.82. The molecule has 0 spiro atoms. The summed E-state index contributed by atoms with van der Waals surface area (Å²) in [4.78, 5) is 0. The minimum atomic E-state index is 0.374. The van der Waals surface area contributed by atoms with Crippen molar-refractivity contribution in [2.24, 2.45) is 0 Å². The van der Waals surface area contributed by atoms with Crippen molar-refractivity contribution >= 4 is 0 Å². The lowest BCUT2D eigenvalue weighted by Gasteiger charge is -2.19. The number of allylic oxidation sites excluding steroid dienone is 1. The van der Waals surface area contributed by atoms with E-state index < -0.39 is 0 Å². The molecular weight excluding hydrogens is 234 g/mol. The molecule has 1 rings (SSSR count). The predicted octanol–water partition coefficient (Wildman–Crippen LogP) is 4.40. The number of nitrogens with one attached hydrogen (secondary N) is 1. The molecule has 106 valence electrons. The quantitative estimate of drug-likeness (QED) is 0.525. The van der Waals surface area contributed by atoms with Crippen molar-refractivity contribution in [2.45, 2.75) is 45.1 Å². The van der Waals surface area contributed by atoms with Gasteiger partial charge in [0.15, 0.2) is 0 Å². The number of unbranched alkanes of at least 4 members (excludes halogenated alkanes) is 3. The van der Waals surface area contributed by atoms with Crippen LogP contribution in [0.3, 0.4) is 0 Å². The smallest absolute Gasteiger partial charge is 0.123 e. The first-order valence-electron chi connectivity index (χ1n) is 7.15. The summed E-state index contributed by atoms with van der Waals surface area (Å²) in [6.45, 7) is 5.85. The van der Waals surface area contributed by atoms with Crippen LogP contribution < -0.4 is 10.1 Å². The van der Waals surface area contributed by atoms with Crippen LogP contribution in [0.2, 0.25) is 0 Å². The molecule has 0 saturated heterocycles. The van der Waals surface area contributed by atoms with Gasteiger partial charge in [-0.05, 0) is 44.9 Å². The number of aryl methyl sites for hydroxylation is 1. The summed E-state index contributed by atoms with van der Waals surface area (Å²) < 4.78 is 5.50. The van der Waals surface area contributed by atoms with Crippen LogP contribution in [0.4, 0.5) is 0 Å². The van der Waals surface area contributed by atoms with Crippen LogP contribution in [0, 0.1) is 6.92 Å². The van der Waals surface area contributed by atoms with Gasteiger partial charge in [-0.3, -0.25) is 0 Å². The van der Waals surface area contributed by atoms with Crippen molar-refractivity contribution in [3.63, 3.8) is 0 Å². The Morgan fingerprint density at radius 1 is 1.32 bits per heavy atom.